The topological polar surface area (TPSA) is 69.4 Å². The highest BCUT2D eigenvalue weighted by Crippen LogP contribution is 2.48. The molecule has 4 unspecified atom stereocenters. The third-order valence-electron chi connectivity index (χ3n) is 8.59. The van der Waals surface area contributed by atoms with Crippen LogP contribution in [0.2, 0.25) is 5.02 Å². The summed E-state index contributed by atoms with van der Waals surface area (Å²) in [5.41, 5.74) is 14.6. The molecule has 0 aromatic heterocycles. The van der Waals surface area contributed by atoms with Crippen LogP contribution in [0.1, 0.15) is 75.2 Å². The van der Waals surface area contributed by atoms with Crippen molar-refractivity contribution < 1.29 is 13.2 Å². The number of hydrogen-bond donors (Lipinski definition) is 1. The number of anilines is 1. The average molecular weight is 526 g/mol. The Morgan fingerprint density at radius 3 is 2.61 bits per heavy atom. The van der Waals surface area contributed by atoms with Crippen molar-refractivity contribution in [1.29, 1.82) is 0 Å². The number of sulfone groups is 1. The molecule has 4 atom stereocenters. The number of fused-ring (bicyclic) bond motifs is 1. The van der Waals surface area contributed by atoms with Gasteiger partial charge in [-0.1, -0.05) is 46.5 Å². The van der Waals surface area contributed by atoms with Crippen molar-refractivity contribution >= 4 is 27.1 Å². The van der Waals surface area contributed by atoms with Gasteiger partial charge in [0.1, 0.15) is 21.7 Å². The van der Waals surface area contributed by atoms with Crippen molar-refractivity contribution in [2.45, 2.75) is 64.9 Å². The lowest BCUT2D eigenvalue weighted by Crippen LogP contribution is -2.24. The highest BCUT2D eigenvalue weighted by molar-refractivity contribution is 7.91. The molecule has 3 aliphatic rings. The molecule has 2 aromatic carbocycles. The average Bonchev–Trinajstić information content (AvgIpc) is 3.06. The molecule has 0 bridgehead atoms. The van der Waals surface area contributed by atoms with E-state index in [0.717, 1.165) is 24.8 Å². The van der Waals surface area contributed by atoms with E-state index in [-0.39, 0.29) is 35.4 Å². The standard InChI is InChI=1S/C30H36ClNO3S/c1-18-6-7-19(2)29(20(18)3)23-9-11-28(27(31)16-23)35-30-25(15-22-8-10-24(32)17-26(22)30)21-5-4-13-36(33,34)14-12-21/h7-11,16-17,21,25,29-30H,4-6,12-15,32H2,1-3H3. The van der Waals surface area contributed by atoms with E-state index in [1.807, 2.05) is 24.3 Å². The third-order valence-corrected chi connectivity index (χ3v) is 10.7. The van der Waals surface area contributed by atoms with Gasteiger partial charge < -0.3 is 10.5 Å². The van der Waals surface area contributed by atoms with Crippen LogP contribution in [0.15, 0.2) is 59.2 Å². The lowest BCUT2D eigenvalue weighted by atomic mass is 9.79. The molecule has 0 saturated carbocycles. The van der Waals surface area contributed by atoms with Gasteiger partial charge in [0.25, 0.3) is 0 Å². The third kappa shape index (κ3) is 4.97. The molecule has 1 aliphatic heterocycles. The maximum atomic E-state index is 12.3. The van der Waals surface area contributed by atoms with Gasteiger partial charge in [0.05, 0.1) is 16.5 Å². The number of rotatable bonds is 4. The second-order valence-electron chi connectivity index (χ2n) is 10.9. The zero-order valence-electron chi connectivity index (χ0n) is 21.4. The first-order chi connectivity index (χ1) is 17.1. The normalized spacial score (nSPS) is 27.8. The van der Waals surface area contributed by atoms with Gasteiger partial charge in [-0.25, -0.2) is 8.42 Å². The Labute approximate surface area is 220 Å². The Bertz CT molecular complexity index is 1340. The lowest BCUT2D eigenvalue weighted by molar-refractivity contribution is 0.104. The molecular formula is C30H36ClNO3S. The molecule has 1 heterocycles. The zero-order chi connectivity index (χ0) is 25.6. The largest absolute Gasteiger partial charge is 0.484 e. The monoisotopic (exact) mass is 525 g/mol. The van der Waals surface area contributed by atoms with Gasteiger partial charge in [0, 0.05) is 17.5 Å². The number of hydrogen-bond acceptors (Lipinski definition) is 4. The first kappa shape index (κ1) is 25.4. The van der Waals surface area contributed by atoms with E-state index in [1.165, 1.54) is 27.8 Å². The number of ether oxygens (including phenoxy) is 1. The van der Waals surface area contributed by atoms with Crippen molar-refractivity contribution in [1.82, 2.24) is 0 Å². The number of nitrogen functional groups attached to an aromatic ring is 1. The van der Waals surface area contributed by atoms with E-state index < -0.39 is 9.84 Å². The highest BCUT2D eigenvalue weighted by Gasteiger charge is 2.40. The van der Waals surface area contributed by atoms with Crippen LogP contribution in [0.4, 0.5) is 5.69 Å². The molecule has 0 amide bonds. The van der Waals surface area contributed by atoms with Crippen LogP contribution in [0.3, 0.4) is 0 Å². The smallest absolute Gasteiger partial charge is 0.150 e. The molecule has 6 heteroatoms. The van der Waals surface area contributed by atoms with Crippen LogP contribution in [0, 0.1) is 11.8 Å². The molecule has 4 nitrogen and oxygen atoms in total. The van der Waals surface area contributed by atoms with Gasteiger partial charge in [-0.15, -0.1) is 0 Å². The molecular weight excluding hydrogens is 490 g/mol. The van der Waals surface area contributed by atoms with Crippen LogP contribution in [-0.4, -0.2) is 19.9 Å². The maximum absolute atomic E-state index is 12.3. The molecule has 1 saturated heterocycles. The summed E-state index contributed by atoms with van der Waals surface area (Å²) in [6, 6.07) is 12.2. The SMILES string of the molecule is CC1=CCC(C)=C(C)C1c1ccc(OC2c3cc(N)ccc3CC2C2CCCS(=O)(=O)CC2)c(Cl)c1. The van der Waals surface area contributed by atoms with E-state index in [0.29, 0.717) is 29.3 Å². The van der Waals surface area contributed by atoms with Gasteiger partial charge in [0.15, 0.2) is 0 Å². The fourth-order valence-corrected chi connectivity index (χ4v) is 8.12. The number of halogens is 1. The molecule has 2 aliphatic carbocycles. The van der Waals surface area contributed by atoms with Crippen molar-refractivity contribution in [3.8, 4) is 5.75 Å². The van der Waals surface area contributed by atoms with Crippen molar-refractivity contribution in [2.75, 3.05) is 17.2 Å². The van der Waals surface area contributed by atoms with Gasteiger partial charge in [-0.3, -0.25) is 0 Å². The summed E-state index contributed by atoms with van der Waals surface area (Å²) < 4.78 is 31.2. The van der Waals surface area contributed by atoms with Crippen LogP contribution < -0.4 is 10.5 Å². The summed E-state index contributed by atoms with van der Waals surface area (Å²) in [7, 11) is -2.96. The quantitative estimate of drug-likeness (QED) is 0.338. The van der Waals surface area contributed by atoms with Gasteiger partial charge in [-0.2, -0.15) is 0 Å². The molecule has 192 valence electrons. The van der Waals surface area contributed by atoms with Crippen LogP contribution in [-0.2, 0) is 16.3 Å². The maximum Gasteiger partial charge on any atom is 0.150 e. The molecule has 1 fully saturated rings. The van der Waals surface area contributed by atoms with Crippen LogP contribution in [0.5, 0.6) is 5.75 Å². The number of benzene rings is 2. The van der Waals surface area contributed by atoms with Crippen molar-refractivity contribution in [2.24, 2.45) is 11.8 Å². The van der Waals surface area contributed by atoms with E-state index >= 15 is 0 Å². The molecule has 0 radical (unpaired) electrons. The minimum atomic E-state index is -2.96. The number of allylic oxidation sites excluding steroid dienone is 4. The second-order valence-corrected chi connectivity index (χ2v) is 13.7. The van der Waals surface area contributed by atoms with E-state index in [9.17, 15) is 8.42 Å². The summed E-state index contributed by atoms with van der Waals surface area (Å²) in [4.78, 5) is 0. The number of nitrogens with two attached hydrogens (primary N) is 1. The van der Waals surface area contributed by atoms with Crippen LogP contribution >= 0.6 is 11.6 Å². The van der Waals surface area contributed by atoms with E-state index in [2.05, 4.69) is 39.0 Å². The van der Waals surface area contributed by atoms with Gasteiger partial charge in [0.2, 0.25) is 0 Å². The first-order valence-corrected chi connectivity index (χ1v) is 15.2. The Balaban J connectivity index is 1.45. The van der Waals surface area contributed by atoms with E-state index in [1.54, 1.807) is 0 Å². The Kier molecular flexibility index (Phi) is 6.99. The summed E-state index contributed by atoms with van der Waals surface area (Å²) in [5, 5.41) is 0.607. The molecule has 5 rings (SSSR count). The van der Waals surface area contributed by atoms with Gasteiger partial charge in [-0.05, 0) is 99.7 Å². The Morgan fingerprint density at radius 2 is 1.83 bits per heavy atom. The lowest BCUT2D eigenvalue weighted by Gasteiger charge is -2.30. The summed E-state index contributed by atoms with van der Waals surface area (Å²) >= 11 is 6.85. The fourth-order valence-electron chi connectivity index (χ4n) is 6.41. The van der Waals surface area contributed by atoms with E-state index in [4.69, 9.17) is 22.1 Å². The zero-order valence-corrected chi connectivity index (χ0v) is 23.0. The summed E-state index contributed by atoms with van der Waals surface area (Å²) in [6.07, 6.45) is 6.29. The summed E-state index contributed by atoms with van der Waals surface area (Å²) in [5.74, 6) is 1.94. The van der Waals surface area contributed by atoms with Crippen molar-refractivity contribution in [3.05, 3.63) is 80.9 Å². The molecule has 2 N–H and O–H groups in total. The fraction of sp³-hybridized carbons (Fsp3) is 0.467. The molecule has 2 aromatic rings. The summed E-state index contributed by atoms with van der Waals surface area (Å²) in [6.45, 7) is 6.61. The predicted octanol–water partition coefficient (Wildman–Crippen LogP) is 7.20. The molecule has 0 spiro atoms. The van der Waals surface area contributed by atoms with Crippen LogP contribution in [0.25, 0.3) is 0 Å². The minimum absolute atomic E-state index is 0.196. The van der Waals surface area contributed by atoms with Gasteiger partial charge >= 0.3 is 0 Å². The Hall–Kier alpha value is -2.24. The highest BCUT2D eigenvalue weighted by atomic mass is 35.5. The molecule has 36 heavy (non-hydrogen) atoms. The predicted molar refractivity (Wildman–Crippen MR) is 148 cm³/mol. The minimum Gasteiger partial charge on any atom is -0.484 e. The first-order valence-electron chi connectivity index (χ1n) is 13.0. The Morgan fingerprint density at radius 1 is 1.03 bits per heavy atom. The second kappa shape index (κ2) is 9.90. The van der Waals surface area contributed by atoms with Crippen molar-refractivity contribution in [3.63, 3.8) is 0 Å².